The molecule has 0 saturated heterocycles. The predicted octanol–water partition coefficient (Wildman–Crippen LogP) is 2.53. The first kappa shape index (κ1) is 11.6. The molecule has 0 aromatic heterocycles. The first-order valence-electron chi connectivity index (χ1n) is 5.42. The van der Waals surface area contributed by atoms with Gasteiger partial charge in [0.1, 0.15) is 0 Å². The molecule has 88 valence electrons. The van der Waals surface area contributed by atoms with E-state index in [0.29, 0.717) is 0 Å². The van der Waals surface area contributed by atoms with Crippen LogP contribution < -0.4 is 0 Å². The van der Waals surface area contributed by atoms with Gasteiger partial charge < -0.3 is 9.47 Å². The van der Waals surface area contributed by atoms with E-state index >= 15 is 0 Å². The Bertz CT molecular complexity index is 514. The predicted molar refractivity (Wildman–Crippen MR) is 65.6 cm³/mol. The Balaban J connectivity index is 2.21. The molecule has 0 aliphatic rings. The highest BCUT2D eigenvalue weighted by molar-refractivity contribution is 5.88. The van der Waals surface area contributed by atoms with Gasteiger partial charge in [0, 0.05) is 7.11 Å². The summed E-state index contributed by atoms with van der Waals surface area (Å²) >= 11 is 0. The molecule has 0 heterocycles. The normalized spacial score (nSPS) is 10.4. The molecule has 3 nitrogen and oxygen atoms in total. The summed E-state index contributed by atoms with van der Waals surface area (Å²) in [4.78, 5) is 11.5. The lowest BCUT2D eigenvalue weighted by Crippen LogP contribution is -2.10. The second-order valence-corrected chi connectivity index (χ2v) is 3.74. The number of hydrogen-bond acceptors (Lipinski definition) is 3. The van der Waals surface area contributed by atoms with Gasteiger partial charge in [0.05, 0.1) is 6.42 Å². The molecule has 0 amide bonds. The van der Waals surface area contributed by atoms with Crippen molar-refractivity contribution < 1.29 is 14.3 Å². The van der Waals surface area contributed by atoms with Crippen LogP contribution in [0.4, 0.5) is 0 Å². The van der Waals surface area contributed by atoms with Gasteiger partial charge in [0.15, 0.2) is 6.79 Å². The molecule has 0 fully saturated rings. The van der Waals surface area contributed by atoms with Crippen molar-refractivity contribution in [3.05, 3.63) is 48.0 Å². The summed E-state index contributed by atoms with van der Waals surface area (Å²) in [7, 11) is 1.49. The number of benzene rings is 2. The fourth-order valence-electron chi connectivity index (χ4n) is 1.78. The summed E-state index contributed by atoms with van der Waals surface area (Å²) in [6.45, 7) is 0.00357. The standard InChI is InChI=1S/C14H14O3/c1-16-10-17-14(15)9-12-7-4-6-11-5-2-3-8-13(11)12/h2-8H,9-10H2,1H3. The Kier molecular flexibility index (Phi) is 3.73. The van der Waals surface area contributed by atoms with Gasteiger partial charge >= 0.3 is 5.97 Å². The molecule has 0 saturated carbocycles. The topological polar surface area (TPSA) is 35.5 Å². The lowest BCUT2D eigenvalue weighted by atomic mass is 10.0. The summed E-state index contributed by atoms with van der Waals surface area (Å²) in [5.74, 6) is -0.275. The molecular weight excluding hydrogens is 216 g/mol. The van der Waals surface area contributed by atoms with Crippen LogP contribution in [0.15, 0.2) is 42.5 Å². The minimum atomic E-state index is -0.275. The lowest BCUT2D eigenvalue weighted by molar-refractivity contribution is -0.153. The van der Waals surface area contributed by atoms with Gasteiger partial charge in [-0.3, -0.25) is 4.79 Å². The van der Waals surface area contributed by atoms with Crippen molar-refractivity contribution in [2.45, 2.75) is 6.42 Å². The summed E-state index contributed by atoms with van der Waals surface area (Å²) in [6.07, 6.45) is 0.269. The van der Waals surface area contributed by atoms with E-state index < -0.39 is 0 Å². The molecule has 17 heavy (non-hydrogen) atoms. The third kappa shape index (κ3) is 2.82. The number of carbonyl (C=O) groups excluding carboxylic acids is 1. The van der Waals surface area contributed by atoms with E-state index in [0.717, 1.165) is 16.3 Å². The lowest BCUT2D eigenvalue weighted by Gasteiger charge is -2.06. The van der Waals surface area contributed by atoms with E-state index in [1.165, 1.54) is 7.11 Å². The van der Waals surface area contributed by atoms with E-state index in [1.54, 1.807) is 0 Å². The Morgan fingerprint density at radius 1 is 1.12 bits per heavy atom. The van der Waals surface area contributed by atoms with Crippen molar-refractivity contribution >= 4 is 16.7 Å². The first-order valence-corrected chi connectivity index (χ1v) is 5.42. The van der Waals surface area contributed by atoms with Crippen LogP contribution in [0.2, 0.25) is 0 Å². The number of rotatable bonds is 4. The Morgan fingerprint density at radius 3 is 2.71 bits per heavy atom. The highest BCUT2D eigenvalue weighted by Gasteiger charge is 2.07. The maximum atomic E-state index is 11.5. The van der Waals surface area contributed by atoms with E-state index in [4.69, 9.17) is 9.47 Å². The van der Waals surface area contributed by atoms with Gasteiger partial charge in [0.2, 0.25) is 0 Å². The van der Waals surface area contributed by atoms with Crippen LogP contribution in [0.5, 0.6) is 0 Å². The van der Waals surface area contributed by atoms with Gasteiger partial charge in [-0.2, -0.15) is 0 Å². The summed E-state index contributed by atoms with van der Waals surface area (Å²) in [5.41, 5.74) is 0.976. The van der Waals surface area contributed by atoms with Gasteiger partial charge in [-0.15, -0.1) is 0 Å². The van der Waals surface area contributed by atoms with Crippen LogP contribution in [0.25, 0.3) is 10.8 Å². The third-order valence-corrected chi connectivity index (χ3v) is 2.55. The number of hydrogen-bond donors (Lipinski definition) is 0. The van der Waals surface area contributed by atoms with E-state index in [1.807, 2.05) is 42.5 Å². The van der Waals surface area contributed by atoms with E-state index in [-0.39, 0.29) is 19.2 Å². The number of fused-ring (bicyclic) bond motifs is 1. The highest BCUT2D eigenvalue weighted by atomic mass is 16.7. The Morgan fingerprint density at radius 2 is 1.88 bits per heavy atom. The van der Waals surface area contributed by atoms with Gasteiger partial charge in [-0.1, -0.05) is 42.5 Å². The molecule has 2 aromatic carbocycles. The molecule has 0 atom stereocenters. The Hall–Kier alpha value is -1.87. The fraction of sp³-hybridized carbons (Fsp3) is 0.214. The Labute approximate surface area is 100.0 Å². The number of carbonyl (C=O) groups is 1. The van der Waals surface area contributed by atoms with E-state index in [9.17, 15) is 4.79 Å². The maximum absolute atomic E-state index is 11.5. The molecule has 0 radical (unpaired) electrons. The molecule has 0 aliphatic carbocycles. The van der Waals surface area contributed by atoms with Crippen LogP contribution in [0, 0.1) is 0 Å². The molecule has 0 aliphatic heterocycles. The fourth-order valence-corrected chi connectivity index (χ4v) is 1.78. The van der Waals surface area contributed by atoms with Crippen LogP contribution in [0.1, 0.15) is 5.56 Å². The molecule has 2 rings (SSSR count). The largest absolute Gasteiger partial charge is 0.438 e. The van der Waals surface area contributed by atoms with Crippen molar-refractivity contribution in [3.8, 4) is 0 Å². The van der Waals surface area contributed by atoms with Crippen molar-refractivity contribution in [1.82, 2.24) is 0 Å². The molecule has 0 N–H and O–H groups in total. The van der Waals surface area contributed by atoms with Crippen molar-refractivity contribution in [2.24, 2.45) is 0 Å². The quantitative estimate of drug-likeness (QED) is 0.598. The number of ether oxygens (including phenoxy) is 2. The highest BCUT2D eigenvalue weighted by Crippen LogP contribution is 2.19. The van der Waals surface area contributed by atoms with E-state index in [2.05, 4.69) is 0 Å². The van der Waals surface area contributed by atoms with Crippen LogP contribution in [-0.2, 0) is 20.7 Å². The number of methoxy groups -OCH3 is 1. The van der Waals surface area contributed by atoms with Crippen LogP contribution in [-0.4, -0.2) is 19.9 Å². The van der Waals surface area contributed by atoms with Crippen LogP contribution in [0.3, 0.4) is 0 Å². The first-order chi connectivity index (χ1) is 8.31. The van der Waals surface area contributed by atoms with Crippen LogP contribution >= 0.6 is 0 Å². The van der Waals surface area contributed by atoms with Gasteiger partial charge in [-0.25, -0.2) is 0 Å². The minimum Gasteiger partial charge on any atom is -0.438 e. The van der Waals surface area contributed by atoms with Crippen molar-refractivity contribution in [3.63, 3.8) is 0 Å². The van der Waals surface area contributed by atoms with Gasteiger partial charge in [0.25, 0.3) is 0 Å². The average molecular weight is 230 g/mol. The zero-order chi connectivity index (χ0) is 12.1. The smallest absolute Gasteiger partial charge is 0.312 e. The zero-order valence-corrected chi connectivity index (χ0v) is 9.68. The van der Waals surface area contributed by atoms with Gasteiger partial charge in [-0.05, 0) is 16.3 Å². The molecule has 0 unspecified atom stereocenters. The molecule has 2 aromatic rings. The SMILES string of the molecule is COCOC(=O)Cc1cccc2ccccc12. The zero-order valence-electron chi connectivity index (χ0n) is 9.68. The summed E-state index contributed by atoms with van der Waals surface area (Å²) in [5, 5.41) is 2.22. The van der Waals surface area contributed by atoms with Crippen molar-refractivity contribution in [1.29, 1.82) is 0 Å². The molecule has 0 bridgehead atoms. The molecular formula is C14H14O3. The second-order valence-electron chi connectivity index (χ2n) is 3.74. The molecule has 3 heteroatoms. The minimum absolute atomic E-state index is 0.00357. The second kappa shape index (κ2) is 5.46. The average Bonchev–Trinajstić information content (AvgIpc) is 2.37. The third-order valence-electron chi connectivity index (χ3n) is 2.55. The monoisotopic (exact) mass is 230 g/mol. The summed E-state index contributed by atoms with van der Waals surface area (Å²) < 4.78 is 9.58. The maximum Gasteiger partial charge on any atom is 0.312 e. The summed E-state index contributed by atoms with van der Waals surface area (Å²) in [6, 6.07) is 13.9. The van der Waals surface area contributed by atoms with Crippen molar-refractivity contribution in [2.75, 3.05) is 13.9 Å². The molecule has 0 spiro atoms. The number of esters is 1.